The van der Waals surface area contributed by atoms with Gasteiger partial charge in [-0.2, -0.15) is 0 Å². The summed E-state index contributed by atoms with van der Waals surface area (Å²) in [5.41, 5.74) is 1.94. The summed E-state index contributed by atoms with van der Waals surface area (Å²) in [7, 11) is 0. The van der Waals surface area contributed by atoms with E-state index in [2.05, 4.69) is 10.3 Å². The standard InChI is InChI=1S/C15H16N2O3/c1-10-2-4-11(5-3-10)13(18)9-17-15(20)12-6-7-14(19)16-8-12/h2-8,13,18H,9H2,1H3,(H,16,19)(H,17,20). The van der Waals surface area contributed by atoms with E-state index in [1.165, 1.54) is 18.3 Å². The molecule has 1 amide bonds. The lowest BCUT2D eigenvalue weighted by molar-refractivity contribution is 0.0916. The Bertz CT molecular complexity index is 626. The molecule has 0 aliphatic heterocycles. The number of carbonyl (C=O) groups excluding carboxylic acids is 1. The van der Waals surface area contributed by atoms with E-state index in [0.717, 1.165) is 11.1 Å². The van der Waals surface area contributed by atoms with Gasteiger partial charge in [0.2, 0.25) is 5.56 Å². The van der Waals surface area contributed by atoms with Crippen LogP contribution in [-0.2, 0) is 0 Å². The summed E-state index contributed by atoms with van der Waals surface area (Å²) in [5, 5.41) is 12.6. The molecular formula is C15H16N2O3. The quantitative estimate of drug-likeness (QED) is 0.780. The van der Waals surface area contributed by atoms with Gasteiger partial charge in [0.15, 0.2) is 0 Å². The third-order valence-corrected chi connectivity index (χ3v) is 2.96. The number of pyridine rings is 1. The number of hydrogen-bond donors (Lipinski definition) is 3. The molecule has 5 nitrogen and oxygen atoms in total. The maximum absolute atomic E-state index is 11.8. The molecule has 0 spiro atoms. The molecule has 20 heavy (non-hydrogen) atoms. The van der Waals surface area contributed by atoms with E-state index in [1.54, 1.807) is 0 Å². The Morgan fingerprint density at radius 3 is 2.55 bits per heavy atom. The lowest BCUT2D eigenvalue weighted by atomic mass is 10.1. The first-order valence-corrected chi connectivity index (χ1v) is 6.28. The lowest BCUT2D eigenvalue weighted by Gasteiger charge is -2.12. The molecule has 3 N–H and O–H groups in total. The van der Waals surface area contributed by atoms with Gasteiger partial charge in [-0.15, -0.1) is 0 Å². The van der Waals surface area contributed by atoms with Crippen molar-refractivity contribution < 1.29 is 9.90 Å². The Morgan fingerprint density at radius 1 is 1.25 bits per heavy atom. The van der Waals surface area contributed by atoms with Gasteiger partial charge >= 0.3 is 0 Å². The molecule has 5 heteroatoms. The van der Waals surface area contributed by atoms with Crippen LogP contribution in [0.15, 0.2) is 47.4 Å². The Hall–Kier alpha value is -2.40. The van der Waals surface area contributed by atoms with Crippen LogP contribution in [0, 0.1) is 6.92 Å². The van der Waals surface area contributed by atoms with Gasteiger partial charge in [-0.1, -0.05) is 29.8 Å². The van der Waals surface area contributed by atoms with Crippen LogP contribution in [0.1, 0.15) is 27.6 Å². The van der Waals surface area contributed by atoms with Crippen LogP contribution >= 0.6 is 0 Å². The highest BCUT2D eigenvalue weighted by molar-refractivity contribution is 5.93. The molecule has 1 unspecified atom stereocenters. The number of aromatic amines is 1. The molecule has 1 heterocycles. The zero-order chi connectivity index (χ0) is 14.5. The Labute approximate surface area is 116 Å². The van der Waals surface area contributed by atoms with Gasteiger partial charge < -0.3 is 15.4 Å². The third kappa shape index (κ3) is 3.55. The fourth-order valence-corrected chi connectivity index (χ4v) is 1.75. The van der Waals surface area contributed by atoms with Crippen LogP contribution in [0.3, 0.4) is 0 Å². The maximum atomic E-state index is 11.8. The molecule has 1 aromatic heterocycles. The van der Waals surface area contributed by atoms with E-state index >= 15 is 0 Å². The number of aliphatic hydroxyl groups is 1. The minimum absolute atomic E-state index is 0.112. The minimum atomic E-state index is -0.762. The van der Waals surface area contributed by atoms with E-state index in [9.17, 15) is 14.7 Å². The summed E-state index contributed by atoms with van der Waals surface area (Å²) < 4.78 is 0. The number of aromatic nitrogens is 1. The highest BCUT2D eigenvalue weighted by Gasteiger charge is 2.10. The lowest BCUT2D eigenvalue weighted by Crippen LogP contribution is -2.28. The number of H-pyrrole nitrogens is 1. The first-order chi connectivity index (χ1) is 9.56. The Morgan fingerprint density at radius 2 is 1.95 bits per heavy atom. The molecule has 0 saturated carbocycles. The zero-order valence-corrected chi connectivity index (χ0v) is 11.1. The van der Waals surface area contributed by atoms with Crippen molar-refractivity contribution in [3.63, 3.8) is 0 Å². The normalized spacial score (nSPS) is 11.9. The smallest absolute Gasteiger partial charge is 0.252 e. The molecule has 0 radical (unpaired) electrons. The van der Waals surface area contributed by atoms with Crippen molar-refractivity contribution in [3.8, 4) is 0 Å². The molecular weight excluding hydrogens is 256 g/mol. The largest absolute Gasteiger partial charge is 0.387 e. The summed E-state index contributed by atoms with van der Waals surface area (Å²) in [4.78, 5) is 25.1. The second-order valence-corrected chi connectivity index (χ2v) is 4.58. The van der Waals surface area contributed by atoms with Crippen molar-refractivity contribution in [1.29, 1.82) is 0 Å². The Kier molecular flexibility index (Phi) is 4.32. The number of benzene rings is 1. The number of hydrogen-bond acceptors (Lipinski definition) is 3. The van der Waals surface area contributed by atoms with Gasteiger partial charge in [0.1, 0.15) is 0 Å². The predicted molar refractivity (Wildman–Crippen MR) is 75.5 cm³/mol. The molecule has 1 atom stereocenters. The minimum Gasteiger partial charge on any atom is -0.387 e. The van der Waals surface area contributed by atoms with Gasteiger partial charge in [-0.25, -0.2) is 0 Å². The predicted octanol–water partition coefficient (Wildman–Crippen LogP) is 1.15. The summed E-state index contributed by atoms with van der Waals surface area (Å²) in [6.45, 7) is 2.08. The monoisotopic (exact) mass is 272 g/mol. The first-order valence-electron chi connectivity index (χ1n) is 6.28. The highest BCUT2D eigenvalue weighted by atomic mass is 16.3. The molecule has 2 rings (SSSR count). The second kappa shape index (κ2) is 6.16. The molecule has 0 fully saturated rings. The van der Waals surface area contributed by atoms with Gasteiger partial charge in [0.25, 0.3) is 5.91 Å². The second-order valence-electron chi connectivity index (χ2n) is 4.58. The van der Waals surface area contributed by atoms with Crippen molar-refractivity contribution in [1.82, 2.24) is 10.3 Å². The summed E-state index contributed by atoms with van der Waals surface area (Å²) in [5.74, 6) is -0.340. The first kappa shape index (κ1) is 14.0. The topological polar surface area (TPSA) is 82.2 Å². The number of aliphatic hydroxyl groups excluding tert-OH is 1. The van der Waals surface area contributed by atoms with Gasteiger partial charge in [0.05, 0.1) is 11.7 Å². The van der Waals surface area contributed by atoms with Crippen LogP contribution < -0.4 is 10.9 Å². The van der Waals surface area contributed by atoms with E-state index in [0.29, 0.717) is 5.56 Å². The van der Waals surface area contributed by atoms with Crippen LogP contribution in [-0.4, -0.2) is 22.5 Å². The van der Waals surface area contributed by atoms with Crippen molar-refractivity contribution in [3.05, 3.63) is 69.6 Å². The van der Waals surface area contributed by atoms with Crippen molar-refractivity contribution in [2.75, 3.05) is 6.54 Å². The summed E-state index contributed by atoms with van der Waals surface area (Å²) in [6.07, 6.45) is 0.581. The number of aryl methyl sites for hydroxylation is 1. The third-order valence-electron chi connectivity index (χ3n) is 2.96. The van der Waals surface area contributed by atoms with Gasteiger partial charge in [0, 0.05) is 18.8 Å². The summed E-state index contributed by atoms with van der Waals surface area (Å²) >= 11 is 0. The van der Waals surface area contributed by atoms with E-state index in [1.807, 2.05) is 31.2 Å². The van der Waals surface area contributed by atoms with E-state index < -0.39 is 6.10 Å². The molecule has 104 valence electrons. The van der Waals surface area contributed by atoms with Gasteiger partial charge in [-0.05, 0) is 18.6 Å². The highest BCUT2D eigenvalue weighted by Crippen LogP contribution is 2.12. The Balaban J connectivity index is 1.94. The van der Waals surface area contributed by atoms with Crippen molar-refractivity contribution in [2.24, 2.45) is 0 Å². The fourth-order valence-electron chi connectivity index (χ4n) is 1.75. The van der Waals surface area contributed by atoms with Crippen LogP contribution in [0.25, 0.3) is 0 Å². The van der Waals surface area contributed by atoms with Crippen molar-refractivity contribution in [2.45, 2.75) is 13.0 Å². The molecule has 1 aromatic carbocycles. The van der Waals surface area contributed by atoms with E-state index in [-0.39, 0.29) is 18.0 Å². The summed E-state index contributed by atoms with van der Waals surface area (Å²) in [6, 6.07) is 10.2. The number of amides is 1. The average molecular weight is 272 g/mol. The molecule has 0 bridgehead atoms. The van der Waals surface area contributed by atoms with Crippen LogP contribution in [0.2, 0.25) is 0 Å². The maximum Gasteiger partial charge on any atom is 0.252 e. The number of nitrogens with one attached hydrogen (secondary N) is 2. The number of rotatable bonds is 4. The van der Waals surface area contributed by atoms with Crippen LogP contribution in [0.5, 0.6) is 0 Å². The molecule has 0 saturated heterocycles. The zero-order valence-electron chi connectivity index (χ0n) is 11.1. The molecule has 0 aliphatic carbocycles. The average Bonchev–Trinajstić information content (AvgIpc) is 2.46. The van der Waals surface area contributed by atoms with E-state index in [4.69, 9.17) is 0 Å². The van der Waals surface area contributed by atoms with Crippen LogP contribution in [0.4, 0.5) is 0 Å². The number of carbonyl (C=O) groups is 1. The molecule has 2 aromatic rings. The van der Waals surface area contributed by atoms with Gasteiger partial charge in [-0.3, -0.25) is 9.59 Å². The SMILES string of the molecule is Cc1ccc(C(O)CNC(=O)c2ccc(=O)[nH]c2)cc1. The fraction of sp³-hybridized carbons (Fsp3) is 0.200. The van der Waals surface area contributed by atoms with Crippen molar-refractivity contribution >= 4 is 5.91 Å². The molecule has 0 aliphatic rings.